The zero-order valence-corrected chi connectivity index (χ0v) is 17.3. The molecule has 4 aliphatic carbocycles. The smallest absolute Gasteiger partial charge is 0.338 e. The molecular formula is C24H27NO5. The Balaban J connectivity index is 1.30. The number of carbonyl (C=O) groups excluding carboxylic acids is 4. The minimum Gasteiger partial charge on any atom is -0.451 e. The van der Waals surface area contributed by atoms with Crippen molar-refractivity contribution >= 4 is 29.3 Å². The molecule has 0 aromatic heterocycles. The van der Waals surface area contributed by atoms with E-state index >= 15 is 0 Å². The lowest BCUT2D eigenvalue weighted by molar-refractivity contribution is -0.152. The zero-order valence-electron chi connectivity index (χ0n) is 17.3. The number of esters is 1. The lowest BCUT2D eigenvalue weighted by atomic mass is 9.48. The number of nitrogens with zero attached hydrogens (tertiary/aromatic N) is 1. The van der Waals surface area contributed by atoms with Crippen molar-refractivity contribution in [3.05, 3.63) is 29.8 Å². The number of benzene rings is 1. The molecule has 1 heterocycles. The van der Waals surface area contributed by atoms with Crippen molar-refractivity contribution in [3.63, 3.8) is 0 Å². The molecule has 1 aliphatic heterocycles. The molecule has 1 atom stereocenters. The molecule has 0 N–H and O–H groups in total. The van der Waals surface area contributed by atoms with Gasteiger partial charge in [-0.05, 0) is 81.4 Å². The maximum Gasteiger partial charge on any atom is 0.338 e. The predicted molar refractivity (Wildman–Crippen MR) is 109 cm³/mol. The Morgan fingerprint density at radius 3 is 2.13 bits per heavy atom. The van der Waals surface area contributed by atoms with Gasteiger partial charge in [-0.3, -0.25) is 19.3 Å². The van der Waals surface area contributed by atoms with Gasteiger partial charge in [-0.2, -0.15) is 0 Å². The summed E-state index contributed by atoms with van der Waals surface area (Å²) in [5, 5.41) is 0. The standard InChI is InChI=1S/C24H27NO5/c1-14(22(28)24-11-15-7-16(12-24)9-17(8-15)13-24)30-23(29)18-3-2-4-19(10-18)25-20(26)5-6-21(25)27/h2-4,10,14-17H,5-9,11-13H2,1H3/t14-,15?,16?,17?,24?/m1/s1. The Hall–Kier alpha value is -2.50. The molecule has 1 aromatic rings. The fourth-order valence-corrected chi connectivity index (χ4v) is 6.76. The molecule has 5 fully saturated rings. The molecule has 6 nitrogen and oxygen atoms in total. The summed E-state index contributed by atoms with van der Waals surface area (Å²) in [6.45, 7) is 1.68. The quantitative estimate of drug-likeness (QED) is 0.548. The molecular weight excluding hydrogens is 382 g/mol. The van der Waals surface area contributed by atoms with Crippen LogP contribution in [-0.4, -0.2) is 29.7 Å². The van der Waals surface area contributed by atoms with Gasteiger partial charge in [0.05, 0.1) is 11.3 Å². The topological polar surface area (TPSA) is 80.8 Å². The van der Waals surface area contributed by atoms with E-state index in [4.69, 9.17) is 4.74 Å². The Labute approximate surface area is 175 Å². The molecule has 1 saturated heterocycles. The Bertz CT molecular complexity index is 884. The van der Waals surface area contributed by atoms with Gasteiger partial charge in [-0.25, -0.2) is 4.79 Å². The normalized spacial score (nSPS) is 33.1. The van der Waals surface area contributed by atoms with Gasteiger partial charge in [0.1, 0.15) is 0 Å². The molecule has 4 saturated carbocycles. The van der Waals surface area contributed by atoms with Crippen molar-refractivity contribution in [1.82, 2.24) is 0 Å². The Kier molecular flexibility index (Phi) is 4.56. The second-order valence-corrected chi connectivity index (χ2v) is 9.78. The molecule has 0 unspecified atom stereocenters. The van der Waals surface area contributed by atoms with Crippen LogP contribution in [0.15, 0.2) is 24.3 Å². The van der Waals surface area contributed by atoms with E-state index in [9.17, 15) is 19.2 Å². The van der Waals surface area contributed by atoms with Gasteiger partial charge >= 0.3 is 5.97 Å². The van der Waals surface area contributed by atoms with E-state index in [0.717, 1.165) is 24.2 Å². The number of rotatable bonds is 5. The highest BCUT2D eigenvalue weighted by Crippen LogP contribution is 2.60. The lowest BCUT2D eigenvalue weighted by Gasteiger charge is -2.56. The summed E-state index contributed by atoms with van der Waals surface area (Å²) in [7, 11) is 0. The molecule has 4 bridgehead atoms. The van der Waals surface area contributed by atoms with E-state index in [-0.39, 0.29) is 41.4 Å². The van der Waals surface area contributed by atoms with E-state index in [1.807, 2.05) is 0 Å². The number of imide groups is 1. The number of ketones is 1. The number of anilines is 1. The van der Waals surface area contributed by atoms with Gasteiger partial charge in [0.2, 0.25) is 11.8 Å². The monoisotopic (exact) mass is 409 g/mol. The molecule has 5 aliphatic rings. The number of carbonyl (C=O) groups is 4. The third kappa shape index (κ3) is 3.17. The number of Topliss-reactive ketones (excluding diaryl/α,β-unsaturated/α-hetero) is 1. The second-order valence-electron chi connectivity index (χ2n) is 9.78. The van der Waals surface area contributed by atoms with E-state index in [0.29, 0.717) is 23.4 Å². The highest BCUT2D eigenvalue weighted by atomic mass is 16.5. The summed E-state index contributed by atoms with van der Waals surface area (Å²) in [6.07, 6.45) is 6.14. The summed E-state index contributed by atoms with van der Waals surface area (Å²) in [5.41, 5.74) is 0.298. The second kappa shape index (κ2) is 7.03. The summed E-state index contributed by atoms with van der Waals surface area (Å²) >= 11 is 0. The molecule has 0 spiro atoms. The summed E-state index contributed by atoms with van der Waals surface area (Å²) in [4.78, 5) is 51.2. The van der Waals surface area contributed by atoms with Gasteiger partial charge in [-0.1, -0.05) is 6.07 Å². The third-order valence-electron chi connectivity index (χ3n) is 7.61. The molecule has 0 radical (unpaired) electrons. The zero-order chi connectivity index (χ0) is 21.0. The van der Waals surface area contributed by atoms with Gasteiger partial charge < -0.3 is 4.74 Å². The predicted octanol–water partition coefficient (Wildman–Crippen LogP) is 3.67. The van der Waals surface area contributed by atoms with Crippen LogP contribution in [0.2, 0.25) is 0 Å². The SMILES string of the molecule is C[C@@H](OC(=O)c1cccc(N2C(=O)CCC2=O)c1)C(=O)C12CC3CC(CC(C3)C1)C2. The maximum absolute atomic E-state index is 13.4. The van der Waals surface area contributed by atoms with Crippen molar-refractivity contribution in [1.29, 1.82) is 0 Å². The third-order valence-corrected chi connectivity index (χ3v) is 7.61. The largest absolute Gasteiger partial charge is 0.451 e. The Morgan fingerprint density at radius 2 is 1.57 bits per heavy atom. The Morgan fingerprint density at radius 1 is 1.00 bits per heavy atom. The van der Waals surface area contributed by atoms with E-state index < -0.39 is 12.1 Å². The van der Waals surface area contributed by atoms with Crippen LogP contribution in [0.4, 0.5) is 5.69 Å². The number of hydrogen-bond acceptors (Lipinski definition) is 5. The number of ether oxygens (including phenoxy) is 1. The number of hydrogen-bond donors (Lipinski definition) is 0. The first kappa shape index (κ1) is 19.5. The highest BCUT2D eigenvalue weighted by Gasteiger charge is 2.55. The van der Waals surface area contributed by atoms with Gasteiger partial charge in [-0.15, -0.1) is 0 Å². The summed E-state index contributed by atoms with van der Waals surface area (Å²) in [6, 6.07) is 6.32. The fraction of sp³-hybridized carbons (Fsp3) is 0.583. The molecule has 1 aromatic carbocycles. The van der Waals surface area contributed by atoms with Crippen molar-refractivity contribution in [2.24, 2.45) is 23.2 Å². The molecule has 30 heavy (non-hydrogen) atoms. The van der Waals surface area contributed by atoms with Crippen LogP contribution in [0.25, 0.3) is 0 Å². The molecule has 6 heteroatoms. The van der Waals surface area contributed by atoms with Crippen LogP contribution < -0.4 is 4.90 Å². The average Bonchev–Trinajstić information content (AvgIpc) is 3.04. The number of amides is 2. The van der Waals surface area contributed by atoms with Crippen molar-refractivity contribution < 1.29 is 23.9 Å². The maximum atomic E-state index is 13.4. The van der Waals surface area contributed by atoms with E-state index in [1.54, 1.807) is 25.1 Å². The lowest BCUT2D eigenvalue weighted by Crippen LogP contribution is -2.52. The van der Waals surface area contributed by atoms with Crippen molar-refractivity contribution in [2.75, 3.05) is 4.90 Å². The minimum atomic E-state index is -0.799. The van der Waals surface area contributed by atoms with Gasteiger partial charge in [0.25, 0.3) is 0 Å². The van der Waals surface area contributed by atoms with Crippen LogP contribution in [0.1, 0.15) is 68.6 Å². The first-order valence-corrected chi connectivity index (χ1v) is 11.1. The van der Waals surface area contributed by atoms with Crippen LogP contribution in [0.3, 0.4) is 0 Å². The molecule has 158 valence electrons. The van der Waals surface area contributed by atoms with E-state index in [1.165, 1.54) is 25.3 Å². The molecule has 2 amide bonds. The molecule has 6 rings (SSSR count). The van der Waals surface area contributed by atoms with Crippen molar-refractivity contribution in [3.8, 4) is 0 Å². The fourth-order valence-electron chi connectivity index (χ4n) is 6.76. The first-order chi connectivity index (χ1) is 14.3. The van der Waals surface area contributed by atoms with E-state index in [2.05, 4.69) is 0 Å². The van der Waals surface area contributed by atoms with Crippen LogP contribution in [0.5, 0.6) is 0 Å². The summed E-state index contributed by atoms with van der Waals surface area (Å²) in [5.74, 6) is 0.880. The van der Waals surface area contributed by atoms with Crippen molar-refractivity contribution in [2.45, 2.75) is 64.4 Å². The minimum absolute atomic E-state index is 0.0657. The van der Waals surface area contributed by atoms with Crippen LogP contribution in [-0.2, 0) is 19.1 Å². The first-order valence-electron chi connectivity index (χ1n) is 11.1. The van der Waals surface area contributed by atoms with Crippen LogP contribution in [0, 0.1) is 23.2 Å². The van der Waals surface area contributed by atoms with Crippen LogP contribution >= 0.6 is 0 Å². The summed E-state index contributed by atoms with van der Waals surface area (Å²) < 4.78 is 5.58. The van der Waals surface area contributed by atoms with Gasteiger partial charge in [0.15, 0.2) is 11.9 Å². The highest BCUT2D eigenvalue weighted by molar-refractivity contribution is 6.20. The average molecular weight is 409 g/mol. The van der Waals surface area contributed by atoms with Gasteiger partial charge in [0, 0.05) is 18.3 Å².